The van der Waals surface area contributed by atoms with Crippen LogP contribution in [-0.2, 0) is 0 Å². The van der Waals surface area contributed by atoms with Crippen molar-refractivity contribution in [2.24, 2.45) is 5.92 Å². The summed E-state index contributed by atoms with van der Waals surface area (Å²) in [7, 11) is 0. The lowest BCUT2D eigenvalue weighted by atomic mass is 10.1. The van der Waals surface area contributed by atoms with Crippen molar-refractivity contribution in [2.45, 2.75) is 19.9 Å². The largest absolute Gasteiger partial charge is 0.394 e. The molecule has 0 amide bonds. The molecule has 0 fully saturated rings. The normalized spacial score (nSPS) is 12.9. The molecular formula is C9H14FN3O. The van der Waals surface area contributed by atoms with Crippen molar-refractivity contribution in [2.75, 3.05) is 11.9 Å². The maximum absolute atomic E-state index is 12.5. The molecule has 2 N–H and O–H groups in total. The highest BCUT2D eigenvalue weighted by Gasteiger charge is 2.12. The van der Waals surface area contributed by atoms with Crippen LogP contribution in [0.5, 0.6) is 0 Å². The molecule has 1 aromatic rings. The Morgan fingerprint density at radius 2 is 2.00 bits per heavy atom. The summed E-state index contributed by atoms with van der Waals surface area (Å²) >= 11 is 0. The Morgan fingerprint density at radius 3 is 2.43 bits per heavy atom. The zero-order valence-electron chi connectivity index (χ0n) is 8.24. The third kappa shape index (κ3) is 2.92. The molecule has 0 aliphatic heterocycles. The van der Waals surface area contributed by atoms with E-state index in [4.69, 9.17) is 5.11 Å². The van der Waals surface area contributed by atoms with E-state index in [1.54, 1.807) is 0 Å². The Hall–Kier alpha value is -1.23. The minimum absolute atomic E-state index is 0.00158. The second-order valence-corrected chi connectivity index (χ2v) is 3.40. The van der Waals surface area contributed by atoms with E-state index in [2.05, 4.69) is 15.3 Å². The Balaban J connectivity index is 2.63. The molecule has 78 valence electrons. The van der Waals surface area contributed by atoms with Gasteiger partial charge < -0.3 is 10.4 Å². The summed E-state index contributed by atoms with van der Waals surface area (Å²) < 4.78 is 12.5. The van der Waals surface area contributed by atoms with E-state index in [1.165, 1.54) is 0 Å². The van der Waals surface area contributed by atoms with E-state index in [9.17, 15) is 4.39 Å². The van der Waals surface area contributed by atoms with E-state index in [0.717, 1.165) is 12.4 Å². The second kappa shape index (κ2) is 4.85. The van der Waals surface area contributed by atoms with Gasteiger partial charge in [0.2, 0.25) is 5.95 Å². The van der Waals surface area contributed by atoms with Crippen molar-refractivity contribution in [3.05, 3.63) is 18.2 Å². The first-order chi connectivity index (χ1) is 6.63. The maximum Gasteiger partial charge on any atom is 0.223 e. The van der Waals surface area contributed by atoms with E-state index in [-0.39, 0.29) is 18.6 Å². The van der Waals surface area contributed by atoms with Crippen LogP contribution in [0.2, 0.25) is 0 Å². The number of nitrogens with one attached hydrogen (secondary N) is 1. The van der Waals surface area contributed by atoms with Crippen LogP contribution < -0.4 is 5.32 Å². The Kier molecular flexibility index (Phi) is 3.76. The molecule has 0 saturated carbocycles. The van der Waals surface area contributed by atoms with Crippen LogP contribution in [0.4, 0.5) is 10.3 Å². The van der Waals surface area contributed by atoms with E-state index in [0.29, 0.717) is 5.95 Å². The van der Waals surface area contributed by atoms with Gasteiger partial charge in [-0.1, -0.05) is 13.8 Å². The number of rotatable bonds is 4. The van der Waals surface area contributed by atoms with Gasteiger partial charge in [0, 0.05) is 0 Å². The topological polar surface area (TPSA) is 58.0 Å². The SMILES string of the molecule is CC(C)[C@@H](CO)Nc1ncc(F)cn1. The molecule has 1 aromatic heterocycles. The van der Waals surface area contributed by atoms with Gasteiger partial charge in [0.1, 0.15) is 0 Å². The molecule has 4 nitrogen and oxygen atoms in total. The lowest BCUT2D eigenvalue weighted by Crippen LogP contribution is -2.30. The average molecular weight is 199 g/mol. The predicted molar refractivity (Wildman–Crippen MR) is 51.3 cm³/mol. The van der Waals surface area contributed by atoms with Crippen LogP contribution in [0.3, 0.4) is 0 Å². The molecule has 0 unspecified atom stereocenters. The maximum atomic E-state index is 12.5. The van der Waals surface area contributed by atoms with Gasteiger partial charge in [0.25, 0.3) is 0 Å². The molecule has 1 atom stereocenters. The molecule has 0 saturated heterocycles. The Morgan fingerprint density at radius 1 is 1.43 bits per heavy atom. The number of halogens is 1. The summed E-state index contributed by atoms with van der Waals surface area (Å²) in [5, 5.41) is 11.9. The number of nitrogens with zero attached hydrogens (tertiary/aromatic N) is 2. The number of anilines is 1. The predicted octanol–water partition coefficient (Wildman–Crippen LogP) is 1.04. The van der Waals surface area contributed by atoms with Crippen LogP contribution in [-0.4, -0.2) is 27.7 Å². The van der Waals surface area contributed by atoms with Crippen molar-refractivity contribution in [1.29, 1.82) is 0 Å². The monoisotopic (exact) mass is 199 g/mol. The molecule has 1 rings (SSSR count). The van der Waals surface area contributed by atoms with Crippen LogP contribution in [0.15, 0.2) is 12.4 Å². The van der Waals surface area contributed by atoms with Crippen LogP contribution >= 0.6 is 0 Å². The van der Waals surface area contributed by atoms with Crippen molar-refractivity contribution in [3.8, 4) is 0 Å². The zero-order valence-corrected chi connectivity index (χ0v) is 8.24. The first-order valence-electron chi connectivity index (χ1n) is 4.48. The molecular weight excluding hydrogens is 185 g/mol. The first kappa shape index (κ1) is 10.8. The molecule has 1 heterocycles. The molecule has 0 aliphatic rings. The Bertz CT molecular complexity index is 276. The van der Waals surface area contributed by atoms with Gasteiger partial charge in [-0.2, -0.15) is 0 Å². The van der Waals surface area contributed by atoms with Crippen molar-refractivity contribution in [1.82, 2.24) is 9.97 Å². The van der Waals surface area contributed by atoms with Gasteiger partial charge in [-0.05, 0) is 5.92 Å². The van der Waals surface area contributed by atoms with Gasteiger partial charge >= 0.3 is 0 Å². The summed E-state index contributed by atoms with van der Waals surface area (Å²) in [5.74, 6) is 0.119. The summed E-state index contributed by atoms with van der Waals surface area (Å²) in [5.41, 5.74) is 0. The molecule has 0 aromatic carbocycles. The van der Waals surface area contributed by atoms with E-state index in [1.807, 2.05) is 13.8 Å². The zero-order chi connectivity index (χ0) is 10.6. The number of aromatic nitrogens is 2. The highest BCUT2D eigenvalue weighted by atomic mass is 19.1. The second-order valence-electron chi connectivity index (χ2n) is 3.40. The highest BCUT2D eigenvalue weighted by molar-refractivity contribution is 5.24. The van der Waals surface area contributed by atoms with Crippen LogP contribution in [0.25, 0.3) is 0 Å². The lowest BCUT2D eigenvalue weighted by Gasteiger charge is -2.19. The van der Waals surface area contributed by atoms with Crippen molar-refractivity contribution < 1.29 is 9.50 Å². The summed E-state index contributed by atoms with van der Waals surface area (Å²) in [6, 6.07) is -0.111. The highest BCUT2D eigenvalue weighted by Crippen LogP contribution is 2.07. The minimum Gasteiger partial charge on any atom is -0.394 e. The van der Waals surface area contributed by atoms with E-state index >= 15 is 0 Å². The molecule has 0 spiro atoms. The number of aliphatic hydroxyl groups is 1. The number of hydrogen-bond acceptors (Lipinski definition) is 4. The minimum atomic E-state index is -0.472. The summed E-state index contributed by atoms with van der Waals surface area (Å²) in [6.45, 7) is 3.94. The average Bonchev–Trinajstić information content (AvgIpc) is 2.16. The molecule has 0 bridgehead atoms. The summed E-state index contributed by atoms with van der Waals surface area (Å²) in [6.07, 6.45) is 2.17. The van der Waals surface area contributed by atoms with E-state index < -0.39 is 5.82 Å². The molecule has 5 heteroatoms. The van der Waals surface area contributed by atoms with Gasteiger partial charge in [-0.3, -0.25) is 0 Å². The van der Waals surface area contributed by atoms with Crippen molar-refractivity contribution in [3.63, 3.8) is 0 Å². The third-order valence-corrected chi connectivity index (χ3v) is 1.94. The fourth-order valence-electron chi connectivity index (χ4n) is 0.976. The number of hydrogen-bond donors (Lipinski definition) is 2. The van der Waals surface area contributed by atoms with Gasteiger partial charge in [-0.25, -0.2) is 14.4 Å². The molecule has 14 heavy (non-hydrogen) atoms. The lowest BCUT2D eigenvalue weighted by molar-refractivity contribution is 0.248. The smallest absolute Gasteiger partial charge is 0.223 e. The summed E-state index contributed by atoms with van der Waals surface area (Å²) in [4.78, 5) is 7.48. The van der Waals surface area contributed by atoms with Crippen LogP contribution in [0.1, 0.15) is 13.8 Å². The van der Waals surface area contributed by atoms with Crippen LogP contribution in [0, 0.1) is 11.7 Å². The van der Waals surface area contributed by atoms with Gasteiger partial charge in [-0.15, -0.1) is 0 Å². The standard InChI is InChI=1S/C9H14FN3O/c1-6(2)8(5-14)13-9-11-3-7(10)4-12-9/h3-4,6,8,14H,5H2,1-2H3,(H,11,12,13)/t8-/m1/s1. The first-order valence-corrected chi connectivity index (χ1v) is 4.48. The third-order valence-electron chi connectivity index (χ3n) is 1.94. The van der Waals surface area contributed by atoms with Gasteiger partial charge in [0.15, 0.2) is 5.82 Å². The van der Waals surface area contributed by atoms with Crippen molar-refractivity contribution >= 4 is 5.95 Å². The quantitative estimate of drug-likeness (QED) is 0.760. The fourth-order valence-corrected chi connectivity index (χ4v) is 0.976. The number of aliphatic hydroxyl groups excluding tert-OH is 1. The Labute approximate surface area is 82.2 Å². The fraction of sp³-hybridized carbons (Fsp3) is 0.556. The molecule has 0 radical (unpaired) electrons. The van der Waals surface area contributed by atoms with Gasteiger partial charge in [0.05, 0.1) is 25.0 Å². The molecule has 0 aliphatic carbocycles.